The molecule has 0 aliphatic rings. The van der Waals surface area contributed by atoms with E-state index in [4.69, 9.17) is 16.7 Å². The predicted molar refractivity (Wildman–Crippen MR) is 73.9 cm³/mol. The lowest BCUT2D eigenvalue weighted by atomic mass is 10.1. The first-order valence-electron chi connectivity index (χ1n) is 6.26. The van der Waals surface area contributed by atoms with Crippen LogP contribution in [-0.2, 0) is 9.59 Å². The van der Waals surface area contributed by atoms with Crippen molar-refractivity contribution in [3.8, 4) is 0 Å². The summed E-state index contributed by atoms with van der Waals surface area (Å²) >= 11 is 5.45. The molecule has 1 aromatic rings. The van der Waals surface area contributed by atoms with Gasteiger partial charge < -0.3 is 15.7 Å². The number of carbonyl (C=O) groups excluding carboxylic acids is 2. The highest BCUT2D eigenvalue weighted by Crippen LogP contribution is 2.23. The molecule has 116 valence electrons. The minimum absolute atomic E-state index is 0.152. The van der Waals surface area contributed by atoms with Crippen molar-refractivity contribution < 1.29 is 23.5 Å². The number of benzene rings is 1. The second-order valence-corrected chi connectivity index (χ2v) is 4.73. The molecule has 8 heteroatoms. The van der Waals surface area contributed by atoms with Crippen LogP contribution in [0.1, 0.15) is 19.8 Å². The lowest BCUT2D eigenvalue weighted by Gasteiger charge is -2.15. The van der Waals surface area contributed by atoms with E-state index in [0.717, 1.165) is 12.1 Å². The number of nitrogens with one attached hydrogen (secondary N) is 2. The third kappa shape index (κ3) is 4.95. The zero-order valence-electron chi connectivity index (χ0n) is 11.3. The number of rotatable bonds is 5. The first-order valence-corrected chi connectivity index (χ1v) is 6.64. The topological polar surface area (TPSA) is 78.4 Å². The van der Waals surface area contributed by atoms with E-state index in [-0.39, 0.29) is 18.1 Å². The predicted octanol–water partition coefficient (Wildman–Crippen LogP) is 1.83. The molecule has 0 aromatic heterocycles. The smallest absolute Gasteiger partial charge is 0.313 e. The average Bonchev–Trinajstić information content (AvgIpc) is 2.41. The Bertz CT molecular complexity index is 517. The maximum absolute atomic E-state index is 13.5. The first kappa shape index (κ1) is 17.3. The van der Waals surface area contributed by atoms with Gasteiger partial charge in [0.25, 0.3) is 0 Å². The van der Waals surface area contributed by atoms with Gasteiger partial charge in [0.15, 0.2) is 11.6 Å². The number of aliphatic hydroxyl groups is 1. The van der Waals surface area contributed by atoms with Crippen LogP contribution in [0.5, 0.6) is 0 Å². The van der Waals surface area contributed by atoms with Gasteiger partial charge in [0.2, 0.25) is 0 Å². The normalized spacial score (nSPS) is 11.9. The molecule has 21 heavy (non-hydrogen) atoms. The zero-order valence-corrected chi connectivity index (χ0v) is 12.0. The van der Waals surface area contributed by atoms with Gasteiger partial charge in [-0.1, -0.05) is 18.5 Å². The number of amides is 2. The molecule has 0 spiro atoms. The van der Waals surface area contributed by atoms with Crippen molar-refractivity contribution >= 4 is 29.1 Å². The summed E-state index contributed by atoms with van der Waals surface area (Å²) in [6.07, 6.45) is 0.780. The molecule has 1 unspecified atom stereocenters. The van der Waals surface area contributed by atoms with Crippen molar-refractivity contribution in [2.75, 3.05) is 11.9 Å². The molecular formula is C13H15ClF2N2O3. The summed E-state index contributed by atoms with van der Waals surface area (Å²) in [5.41, 5.74) is -0.741. The van der Waals surface area contributed by atoms with Gasteiger partial charge in [0, 0.05) is 17.7 Å². The Labute approximate surface area is 125 Å². The van der Waals surface area contributed by atoms with Crippen LogP contribution in [0.25, 0.3) is 0 Å². The SMILES string of the molecule is CCC(CCO)NC(=O)C(=O)Nc1c(F)cc(Cl)cc1F. The minimum Gasteiger partial charge on any atom is -0.396 e. The van der Waals surface area contributed by atoms with E-state index < -0.39 is 35.2 Å². The minimum atomic E-state index is -1.20. The Morgan fingerprint density at radius 1 is 1.29 bits per heavy atom. The molecule has 0 bridgehead atoms. The maximum atomic E-state index is 13.5. The zero-order chi connectivity index (χ0) is 16.0. The van der Waals surface area contributed by atoms with Gasteiger partial charge in [-0.15, -0.1) is 0 Å². The third-order valence-corrected chi connectivity index (χ3v) is 2.98. The first-order chi connectivity index (χ1) is 9.88. The molecule has 5 nitrogen and oxygen atoms in total. The monoisotopic (exact) mass is 320 g/mol. The molecule has 0 saturated heterocycles. The third-order valence-electron chi connectivity index (χ3n) is 2.76. The van der Waals surface area contributed by atoms with Crippen LogP contribution >= 0.6 is 11.6 Å². The summed E-state index contributed by atoms with van der Waals surface area (Å²) in [5, 5.41) is 12.8. The molecule has 1 atom stereocenters. The number of carbonyl (C=O) groups is 2. The number of hydrogen-bond donors (Lipinski definition) is 3. The van der Waals surface area contributed by atoms with Crippen LogP contribution in [0, 0.1) is 11.6 Å². The Morgan fingerprint density at radius 3 is 2.33 bits per heavy atom. The largest absolute Gasteiger partial charge is 0.396 e. The van der Waals surface area contributed by atoms with E-state index in [0.29, 0.717) is 6.42 Å². The van der Waals surface area contributed by atoms with Crippen molar-refractivity contribution in [3.63, 3.8) is 0 Å². The second kappa shape index (κ2) is 7.90. The second-order valence-electron chi connectivity index (χ2n) is 4.29. The van der Waals surface area contributed by atoms with E-state index in [1.54, 1.807) is 6.92 Å². The molecule has 2 amide bonds. The molecule has 3 N–H and O–H groups in total. The molecular weight excluding hydrogens is 306 g/mol. The fourth-order valence-electron chi connectivity index (χ4n) is 1.62. The summed E-state index contributed by atoms with van der Waals surface area (Å²) in [7, 11) is 0. The van der Waals surface area contributed by atoms with Gasteiger partial charge in [-0.3, -0.25) is 9.59 Å². The van der Waals surface area contributed by atoms with Crippen LogP contribution in [0.15, 0.2) is 12.1 Å². The molecule has 0 saturated carbocycles. The Balaban J connectivity index is 2.75. The van der Waals surface area contributed by atoms with Crippen LogP contribution < -0.4 is 10.6 Å². The summed E-state index contributed by atoms with van der Waals surface area (Å²) in [6.45, 7) is 1.61. The van der Waals surface area contributed by atoms with E-state index in [2.05, 4.69) is 5.32 Å². The molecule has 0 heterocycles. The van der Waals surface area contributed by atoms with Crippen molar-refractivity contribution in [2.45, 2.75) is 25.8 Å². The van der Waals surface area contributed by atoms with Gasteiger partial charge in [-0.05, 0) is 25.0 Å². The van der Waals surface area contributed by atoms with Crippen molar-refractivity contribution in [2.24, 2.45) is 0 Å². The van der Waals surface area contributed by atoms with Crippen molar-refractivity contribution in [1.29, 1.82) is 0 Å². The van der Waals surface area contributed by atoms with Crippen molar-refractivity contribution in [1.82, 2.24) is 5.32 Å². The maximum Gasteiger partial charge on any atom is 0.313 e. The Hall–Kier alpha value is -1.73. The molecule has 0 aliphatic carbocycles. The van der Waals surface area contributed by atoms with E-state index >= 15 is 0 Å². The van der Waals surface area contributed by atoms with Crippen LogP contribution in [-0.4, -0.2) is 29.6 Å². The molecule has 0 radical (unpaired) electrons. The quantitative estimate of drug-likeness (QED) is 0.724. The lowest BCUT2D eigenvalue weighted by molar-refractivity contribution is -0.136. The van der Waals surface area contributed by atoms with Gasteiger partial charge in [0.1, 0.15) is 5.69 Å². The summed E-state index contributed by atoms with van der Waals surface area (Å²) < 4.78 is 27.0. The highest BCUT2D eigenvalue weighted by Gasteiger charge is 2.21. The van der Waals surface area contributed by atoms with Gasteiger partial charge in [-0.25, -0.2) is 8.78 Å². The molecule has 1 rings (SSSR count). The van der Waals surface area contributed by atoms with Gasteiger partial charge in [0.05, 0.1) is 0 Å². The van der Waals surface area contributed by atoms with Crippen LogP contribution in [0.2, 0.25) is 5.02 Å². The number of aliphatic hydroxyl groups excluding tert-OH is 1. The van der Waals surface area contributed by atoms with Crippen molar-refractivity contribution in [3.05, 3.63) is 28.8 Å². The number of anilines is 1. The van der Waals surface area contributed by atoms with E-state index in [1.165, 1.54) is 0 Å². The van der Waals surface area contributed by atoms with Crippen LogP contribution in [0.4, 0.5) is 14.5 Å². The summed E-state index contributed by atoms with van der Waals surface area (Å²) in [4.78, 5) is 23.2. The highest BCUT2D eigenvalue weighted by molar-refractivity contribution is 6.39. The summed E-state index contributed by atoms with van der Waals surface area (Å²) in [6, 6.07) is 1.24. The average molecular weight is 321 g/mol. The lowest BCUT2D eigenvalue weighted by Crippen LogP contribution is -2.42. The Morgan fingerprint density at radius 2 is 1.86 bits per heavy atom. The highest BCUT2D eigenvalue weighted by atomic mass is 35.5. The molecule has 0 fully saturated rings. The van der Waals surface area contributed by atoms with Crippen LogP contribution in [0.3, 0.4) is 0 Å². The number of hydrogen-bond acceptors (Lipinski definition) is 3. The van der Waals surface area contributed by atoms with E-state index in [9.17, 15) is 18.4 Å². The van der Waals surface area contributed by atoms with E-state index in [1.807, 2.05) is 5.32 Å². The van der Waals surface area contributed by atoms with Gasteiger partial charge in [-0.2, -0.15) is 0 Å². The Kier molecular flexibility index (Phi) is 6.51. The standard InChI is InChI=1S/C13H15ClF2N2O3/c1-2-8(3-4-19)17-12(20)13(21)18-11-9(15)5-7(14)6-10(11)16/h5-6,8,19H,2-4H2,1H3,(H,17,20)(H,18,21). The fourth-order valence-corrected chi connectivity index (χ4v) is 1.81. The number of halogens is 3. The fraction of sp³-hybridized carbons (Fsp3) is 0.385. The summed E-state index contributed by atoms with van der Waals surface area (Å²) in [5.74, 6) is -4.40. The molecule has 0 aliphatic heterocycles. The van der Waals surface area contributed by atoms with Gasteiger partial charge >= 0.3 is 11.8 Å². The molecule has 1 aromatic carbocycles.